The van der Waals surface area contributed by atoms with Gasteiger partial charge < -0.3 is 4.43 Å². The highest BCUT2D eigenvalue weighted by Gasteiger charge is 2.37. The molecule has 1 aliphatic heterocycles. The Morgan fingerprint density at radius 2 is 1.89 bits per heavy atom. The van der Waals surface area contributed by atoms with Gasteiger partial charge in [0.25, 0.3) is 0 Å². The summed E-state index contributed by atoms with van der Waals surface area (Å²) in [5.41, 5.74) is 0. The van der Waals surface area contributed by atoms with Crippen molar-refractivity contribution in [2.75, 3.05) is 6.61 Å². The fourth-order valence-corrected chi connectivity index (χ4v) is 7.26. The highest BCUT2D eigenvalue weighted by atomic mass is 28.4. The zero-order valence-electron chi connectivity index (χ0n) is 11.7. The Bertz CT molecular complexity index is 330. The van der Waals surface area contributed by atoms with Crippen molar-refractivity contribution in [3.05, 3.63) is 30.3 Å². The van der Waals surface area contributed by atoms with Gasteiger partial charge in [-0.1, -0.05) is 69.4 Å². The van der Waals surface area contributed by atoms with Gasteiger partial charge in [-0.2, -0.15) is 0 Å². The molecule has 100 valence electrons. The lowest BCUT2D eigenvalue weighted by Gasteiger charge is -2.35. The molecule has 0 aromatic heterocycles. The number of benzene rings is 1. The molecule has 1 aromatic carbocycles. The summed E-state index contributed by atoms with van der Waals surface area (Å²) in [6.07, 6.45) is 8.06. The molecule has 1 aromatic rings. The molecule has 2 heteroatoms. The molecule has 1 fully saturated rings. The summed E-state index contributed by atoms with van der Waals surface area (Å²) in [7, 11) is -1.61. The van der Waals surface area contributed by atoms with Crippen molar-refractivity contribution in [1.29, 1.82) is 0 Å². The maximum Gasteiger partial charge on any atom is 0.224 e. The highest BCUT2D eigenvalue weighted by molar-refractivity contribution is 6.86. The van der Waals surface area contributed by atoms with Crippen LogP contribution in [0.2, 0.25) is 12.1 Å². The van der Waals surface area contributed by atoms with E-state index in [1.807, 2.05) is 0 Å². The molecule has 1 saturated heterocycles. The van der Waals surface area contributed by atoms with E-state index in [1.165, 1.54) is 55.8 Å². The maximum absolute atomic E-state index is 6.37. The summed E-state index contributed by atoms with van der Waals surface area (Å²) in [6, 6.07) is 13.7. The quantitative estimate of drug-likeness (QED) is 0.550. The van der Waals surface area contributed by atoms with Crippen molar-refractivity contribution in [2.45, 2.75) is 57.5 Å². The molecular formula is C16H26OSi. The lowest BCUT2D eigenvalue weighted by atomic mass is 10.2. The average Bonchev–Trinajstić information content (AvgIpc) is 2.46. The second-order valence-electron chi connectivity index (χ2n) is 5.48. The largest absolute Gasteiger partial charge is 0.412 e. The van der Waals surface area contributed by atoms with Gasteiger partial charge >= 0.3 is 0 Å². The molecule has 0 saturated carbocycles. The molecule has 0 radical (unpaired) electrons. The van der Waals surface area contributed by atoms with E-state index in [0.717, 1.165) is 6.61 Å². The van der Waals surface area contributed by atoms with Crippen LogP contribution in [0.5, 0.6) is 0 Å². The first-order chi connectivity index (χ1) is 8.87. The zero-order valence-corrected chi connectivity index (χ0v) is 12.7. The Morgan fingerprint density at radius 1 is 1.06 bits per heavy atom. The van der Waals surface area contributed by atoms with Crippen molar-refractivity contribution >= 4 is 13.5 Å². The van der Waals surface area contributed by atoms with Crippen molar-refractivity contribution in [1.82, 2.24) is 0 Å². The molecule has 2 rings (SSSR count). The van der Waals surface area contributed by atoms with Gasteiger partial charge in [0.15, 0.2) is 0 Å². The first-order valence-electron chi connectivity index (χ1n) is 7.57. The van der Waals surface area contributed by atoms with E-state index in [4.69, 9.17) is 4.43 Å². The maximum atomic E-state index is 6.37. The van der Waals surface area contributed by atoms with Crippen LogP contribution in [0, 0.1) is 0 Å². The minimum Gasteiger partial charge on any atom is -0.412 e. The van der Waals surface area contributed by atoms with Crippen LogP contribution in [0.25, 0.3) is 0 Å². The van der Waals surface area contributed by atoms with Gasteiger partial charge in [-0.15, -0.1) is 0 Å². The molecule has 0 spiro atoms. The van der Waals surface area contributed by atoms with Crippen molar-refractivity contribution < 1.29 is 4.43 Å². The van der Waals surface area contributed by atoms with Gasteiger partial charge in [0.1, 0.15) is 0 Å². The minimum absolute atomic E-state index is 0.995. The average molecular weight is 262 g/mol. The smallest absolute Gasteiger partial charge is 0.224 e. The predicted molar refractivity (Wildman–Crippen MR) is 80.8 cm³/mol. The van der Waals surface area contributed by atoms with Crippen molar-refractivity contribution in [2.24, 2.45) is 0 Å². The Morgan fingerprint density at radius 3 is 2.56 bits per heavy atom. The SMILES string of the molecule is CCCCCC[Si]1(c2ccccc2)CCCCO1. The van der Waals surface area contributed by atoms with E-state index in [-0.39, 0.29) is 0 Å². The molecule has 0 amide bonds. The van der Waals surface area contributed by atoms with Crippen LogP contribution < -0.4 is 5.19 Å². The van der Waals surface area contributed by atoms with E-state index in [1.54, 1.807) is 0 Å². The van der Waals surface area contributed by atoms with Crippen molar-refractivity contribution in [3.8, 4) is 0 Å². The number of hydrogen-bond acceptors (Lipinski definition) is 1. The lowest BCUT2D eigenvalue weighted by Crippen LogP contribution is -2.52. The Hall–Kier alpha value is -0.603. The van der Waals surface area contributed by atoms with Gasteiger partial charge in [-0.3, -0.25) is 0 Å². The molecule has 1 heterocycles. The minimum atomic E-state index is -1.61. The van der Waals surface area contributed by atoms with Crippen LogP contribution >= 0.6 is 0 Å². The van der Waals surface area contributed by atoms with Crippen LogP contribution in [0.3, 0.4) is 0 Å². The van der Waals surface area contributed by atoms with E-state index < -0.39 is 8.32 Å². The number of hydrogen-bond donors (Lipinski definition) is 0. The van der Waals surface area contributed by atoms with Crippen LogP contribution in [0.1, 0.15) is 45.4 Å². The first kappa shape index (κ1) is 13.8. The summed E-state index contributed by atoms with van der Waals surface area (Å²) in [5, 5.41) is 1.53. The van der Waals surface area contributed by atoms with Gasteiger partial charge in [-0.05, 0) is 23.7 Å². The fraction of sp³-hybridized carbons (Fsp3) is 0.625. The lowest BCUT2D eigenvalue weighted by molar-refractivity contribution is 0.273. The van der Waals surface area contributed by atoms with Gasteiger partial charge in [0.05, 0.1) is 0 Å². The second kappa shape index (κ2) is 7.10. The van der Waals surface area contributed by atoms with Gasteiger partial charge in [0.2, 0.25) is 8.32 Å². The summed E-state index contributed by atoms with van der Waals surface area (Å²) < 4.78 is 6.37. The molecule has 1 unspecified atom stereocenters. The van der Waals surface area contributed by atoms with Crippen LogP contribution in [-0.4, -0.2) is 14.9 Å². The Kier molecular flexibility index (Phi) is 5.45. The van der Waals surface area contributed by atoms with Gasteiger partial charge in [0, 0.05) is 6.61 Å². The second-order valence-corrected chi connectivity index (χ2v) is 9.33. The van der Waals surface area contributed by atoms with Crippen molar-refractivity contribution in [3.63, 3.8) is 0 Å². The molecule has 0 bridgehead atoms. The third-order valence-electron chi connectivity index (χ3n) is 4.09. The summed E-state index contributed by atoms with van der Waals surface area (Å²) in [4.78, 5) is 0. The highest BCUT2D eigenvalue weighted by Crippen LogP contribution is 2.27. The van der Waals surface area contributed by atoms with Crippen LogP contribution in [0.15, 0.2) is 30.3 Å². The Labute approximate surface area is 113 Å². The Balaban J connectivity index is 2.03. The molecular weight excluding hydrogens is 236 g/mol. The zero-order chi connectivity index (χ0) is 12.7. The monoisotopic (exact) mass is 262 g/mol. The topological polar surface area (TPSA) is 9.23 Å². The predicted octanol–water partition coefficient (Wildman–Crippen LogP) is 4.23. The first-order valence-corrected chi connectivity index (χ1v) is 9.89. The summed E-state index contributed by atoms with van der Waals surface area (Å²) in [6.45, 7) is 3.27. The molecule has 1 nitrogen and oxygen atoms in total. The van der Waals surface area contributed by atoms with E-state index >= 15 is 0 Å². The normalized spacial score (nSPS) is 24.1. The standard InChI is InChI=1S/C16H26OSi/c1-2-3-4-9-14-18(15-10-8-13-17-18)16-11-6-5-7-12-16/h5-7,11-12H,2-4,8-10,13-15H2,1H3. The summed E-state index contributed by atoms with van der Waals surface area (Å²) in [5.74, 6) is 0. The molecule has 0 N–H and O–H groups in total. The fourth-order valence-electron chi connectivity index (χ4n) is 3.00. The number of unbranched alkanes of at least 4 members (excludes halogenated alkanes) is 3. The molecule has 0 aliphatic carbocycles. The molecule has 1 aliphatic rings. The van der Waals surface area contributed by atoms with E-state index in [9.17, 15) is 0 Å². The van der Waals surface area contributed by atoms with E-state index in [2.05, 4.69) is 37.3 Å². The van der Waals surface area contributed by atoms with Gasteiger partial charge in [-0.25, -0.2) is 0 Å². The third kappa shape index (κ3) is 3.45. The molecule has 1 atom stereocenters. The molecule has 18 heavy (non-hydrogen) atoms. The van der Waals surface area contributed by atoms with Crippen LogP contribution in [-0.2, 0) is 4.43 Å². The van der Waals surface area contributed by atoms with Crippen LogP contribution in [0.4, 0.5) is 0 Å². The van der Waals surface area contributed by atoms with E-state index in [0.29, 0.717) is 0 Å². The number of rotatable bonds is 6. The third-order valence-corrected chi connectivity index (χ3v) is 8.55. The summed E-state index contributed by atoms with van der Waals surface area (Å²) >= 11 is 0.